The van der Waals surface area contributed by atoms with E-state index in [9.17, 15) is 10.1 Å². The van der Waals surface area contributed by atoms with Gasteiger partial charge in [-0.15, -0.1) is 0 Å². The second-order valence-corrected chi connectivity index (χ2v) is 3.99. The third-order valence-corrected chi connectivity index (χ3v) is 2.14. The number of aromatic nitrogens is 1. The Labute approximate surface area is 106 Å². The van der Waals surface area contributed by atoms with Crippen molar-refractivity contribution in [2.24, 2.45) is 0 Å². The Morgan fingerprint density at radius 1 is 1.50 bits per heavy atom. The monoisotopic (exact) mass is 254 g/mol. The lowest BCUT2D eigenvalue weighted by Crippen LogP contribution is -2.19. The number of rotatable bonds is 7. The van der Waals surface area contributed by atoms with Crippen molar-refractivity contribution in [2.45, 2.75) is 6.92 Å². The Hall–Kier alpha value is -1.89. The van der Waals surface area contributed by atoms with Gasteiger partial charge in [-0.1, -0.05) is 0 Å². The molecule has 18 heavy (non-hydrogen) atoms. The summed E-state index contributed by atoms with van der Waals surface area (Å²) in [7, 11) is 3.85. The van der Waals surface area contributed by atoms with Gasteiger partial charge in [0.2, 0.25) is 5.88 Å². The largest absolute Gasteiger partial charge is 0.476 e. The molecule has 1 aromatic heterocycles. The molecule has 100 valence electrons. The Morgan fingerprint density at radius 3 is 2.78 bits per heavy atom. The van der Waals surface area contributed by atoms with Crippen molar-refractivity contribution >= 4 is 11.5 Å². The molecular formula is C11H18N4O3. The fraction of sp³-hybridized carbons (Fsp3) is 0.545. The average molecular weight is 254 g/mol. The van der Waals surface area contributed by atoms with E-state index >= 15 is 0 Å². The van der Waals surface area contributed by atoms with Crippen LogP contribution in [0.1, 0.15) is 6.92 Å². The zero-order valence-electron chi connectivity index (χ0n) is 10.8. The summed E-state index contributed by atoms with van der Waals surface area (Å²) >= 11 is 0. The van der Waals surface area contributed by atoms with Gasteiger partial charge < -0.3 is 15.0 Å². The Balaban J connectivity index is 2.79. The fourth-order valence-electron chi connectivity index (χ4n) is 1.28. The molecule has 7 nitrogen and oxygen atoms in total. The van der Waals surface area contributed by atoms with E-state index in [0.29, 0.717) is 19.0 Å². The highest BCUT2D eigenvalue weighted by molar-refractivity contribution is 5.48. The summed E-state index contributed by atoms with van der Waals surface area (Å²) in [6.45, 7) is 3.70. The molecule has 1 N–H and O–H groups in total. The number of hydrogen-bond acceptors (Lipinski definition) is 6. The molecule has 1 aromatic rings. The summed E-state index contributed by atoms with van der Waals surface area (Å²) in [6.07, 6.45) is 0. The van der Waals surface area contributed by atoms with E-state index in [4.69, 9.17) is 4.74 Å². The van der Waals surface area contributed by atoms with Gasteiger partial charge in [0, 0.05) is 13.1 Å². The maximum atomic E-state index is 10.8. The zero-order chi connectivity index (χ0) is 13.5. The van der Waals surface area contributed by atoms with Crippen LogP contribution in [0.5, 0.6) is 5.88 Å². The molecule has 0 aliphatic heterocycles. The highest BCUT2D eigenvalue weighted by Crippen LogP contribution is 2.21. The predicted octanol–water partition coefficient (Wildman–Crippen LogP) is 1.36. The number of anilines is 1. The van der Waals surface area contributed by atoms with Crippen LogP contribution >= 0.6 is 0 Å². The minimum Gasteiger partial charge on any atom is -0.476 e. The van der Waals surface area contributed by atoms with Crippen LogP contribution in [0.4, 0.5) is 11.5 Å². The van der Waals surface area contributed by atoms with Crippen molar-refractivity contribution in [3.8, 4) is 5.88 Å². The predicted molar refractivity (Wildman–Crippen MR) is 69.1 cm³/mol. The number of nitrogens with one attached hydrogen (secondary N) is 1. The van der Waals surface area contributed by atoms with Crippen LogP contribution in [0.15, 0.2) is 12.1 Å². The highest BCUT2D eigenvalue weighted by Gasteiger charge is 2.11. The molecule has 0 radical (unpaired) electrons. The lowest BCUT2D eigenvalue weighted by Gasteiger charge is -2.11. The van der Waals surface area contributed by atoms with E-state index < -0.39 is 4.92 Å². The van der Waals surface area contributed by atoms with Crippen molar-refractivity contribution < 1.29 is 9.66 Å². The fourth-order valence-corrected chi connectivity index (χ4v) is 1.28. The number of hydrogen-bond donors (Lipinski definition) is 1. The normalized spacial score (nSPS) is 10.4. The second-order valence-electron chi connectivity index (χ2n) is 3.99. The van der Waals surface area contributed by atoms with Crippen LogP contribution < -0.4 is 10.1 Å². The first-order chi connectivity index (χ1) is 8.52. The van der Waals surface area contributed by atoms with Crippen LogP contribution in [-0.2, 0) is 0 Å². The summed E-state index contributed by atoms with van der Waals surface area (Å²) < 4.78 is 5.40. The molecule has 0 aliphatic rings. The van der Waals surface area contributed by atoms with Gasteiger partial charge >= 0.3 is 0 Å². The lowest BCUT2D eigenvalue weighted by atomic mass is 10.4. The van der Waals surface area contributed by atoms with Gasteiger partial charge in [-0.3, -0.25) is 10.1 Å². The van der Waals surface area contributed by atoms with Crippen LogP contribution in [0.3, 0.4) is 0 Å². The van der Waals surface area contributed by atoms with Crippen molar-refractivity contribution in [1.82, 2.24) is 9.88 Å². The molecule has 0 amide bonds. The molecular weight excluding hydrogens is 236 g/mol. The van der Waals surface area contributed by atoms with Gasteiger partial charge in [-0.05, 0) is 21.0 Å². The van der Waals surface area contributed by atoms with Gasteiger partial charge in [-0.25, -0.2) is 0 Å². The quantitative estimate of drug-likeness (QED) is 0.584. The van der Waals surface area contributed by atoms with Crippen molar-refractivity contribution in [3.63, 3.8) is 0 Å². The van der Waals surface area contributed by atoms with Crippen LogP contribution in [-0.4, -0.2) is 48.6 Å². The van der Waals surface area contributed by atoms with Gasteiger partial charge in [0.25, 0.3) is 5.69 Å². The number of likely N-dealkylation sites (N-methyl/N-ethyl adjacent to an activating group) is 1. The second kappa shape index (κ2) is 6.75. The molecule has 7 heteroatoms. The van der Waals surface area contributed by atoms with E-state index in [1.54, 1.807) is 0 Å². The number of pyridine rings is 1. The molecule has 0 bridgehead atoms. The van der Waals surface area contributed by atoms with E-state index in [1.807, 2.05) is 25.9 Å². The van der Waals surface area contributed by atoms with Crippen LogP contribution in [0.25, 0.3) is 0 Å². The van der Waals surface area contributed by atoms with E-state index in [2.05, 4.69) is 10.3 Å². The third-order valence-electron chi connectivity index (χ3n) is 2.14. The van der Waals surface area contributed by atoms with Crippen LogP contribution in [0, 0.1) is 10.1 Å². The van der Waals surface area contributed by atoms with Gasteiger partial charge in [0.15, 0.2) is 0 Å². The first kappa shape index (κ1) is 14.2. The summed E-state index contributed by atoms with van der Waals surface area (Å²) in [6, 6.07) is 2.72. The zero-order valence-corrected chi connectivity index (χ0v) is 10.8. The molecule has 1 heterocycles. The first-order valence-electron chi connectivity index (χ1n) is 5.70. The average Bonchev–Trinajstić information content (AvgIpc) is 2.28. The Bertz CT molecular complexity index is 409. The summed E-state index contributed by atoms with van der Waals surface area (Å²) in [5.41, 5.74) is -0.0270. The minimum atomic E-state index is -0.457. The number of nitrogens with zero attached hydrogens (tertiary/aromatic N) is 3. The van der Waals surface area contributed by atoms with E-state index in [1.165, 1.54) is 12.1 Å². The van der Waals surface area contributed by atoms with E-state index in [0.717, 1.165) is 6.54 Å². The molecule has 1 rings (SSSR count). The molecule has 0 spiro atoms. The van der Waals surface area contributed by atoms with E-state index in [-0.39, 0.29) is 11.6 Å². The highest BCUT2D eigenvalue weighted by atomic mass is 16.6. The molecule has 0 aromatic carbocycles. The number of ether oxygens (including phenoxy) is 1. The minimum absolute atomic E-state index is 0.0270. The topological polar surface area (TPSA) is 80.5 Å². The SMILES string of the molecule is CCNc1cc([N+](=O)[O-])cc(OCCN(C)C)n1. The van der Waals surface area contributed by atoms with Crippen molar-refractivity contribution in [2.75, 3.05) is 39.1 Å². The Kier molecular flexibility index (Phi) is 5.31. The molecule has 0 fully saturated rings. The van der Waals surface area contributed by atoms with Crippen molar-refractivity contribution in [1.29, 1.82) is 0 Å². The maximum absolute atomic E-state index is 10.8. The molecule has 0 saturated carbocycles. The molecule has 0 unspecified atom stereocenters. The van der Waals surface area contributed by atoms with Crippen molar-refractivity contribution in [3.05, 3.63) is 22.2 Å². The maximum Gasteiger partial charge on any atom is 0.278 e. The number of nitro groups is 1. The molecule has 0 atom stereocenters. The summed E-state index contributed by atoms with van der Waals surface area (Å²) in [4.78, 5) is 16.4. The lowest BCUT2D eigenvalue weighted by molar-refractivity contribution is -0.384. The van der Waals surface area contributed by atoms with Gasteiger partial charge in [0.1, 0.15) is 12.4 Å². The summed E-state index contributed by atoms with van der Waals surface area (Å²) in [5, 5.41) is 13.7. The standard InChI is InChI=1S/C11H18N4O3/c1-4-12-10-7-9(15(16)17)8-11(13-10)18-6-5-14(2)3/h7-8H,4-6H2,1-3H3,(H,12,13). The smallest absolute Gasteiger partial charge is 0.278 e. The summed E-state index contributed by atoms with van der Waals surface area (Å²) in [5.74, 6) is 0.716. The molecule has 0 saturated heterocycles. The third kappa shape index (κ3) is 4.54. The first-order valence-corrected chi connectivity index (χ1v) is 5.70. The van der Waals surface area contributed by atoms with Gasteiger partial charge in [0.05, 0.1) is 17.1 Å². The molecule has 0 aliphatic carbocycles. The van der Waals surface area contributed by atoms with Crippen LogP contribution in [0.2, 0.25) is 0 Å². The Morgan fingerprint density at radius 2 is 2.22 bits per heavy atom. The van der Waals surface area contributed by atoms with Gasteiger partial charge in [-0.2, -0.15) is 4.98 Å².